The van der Waals surface area contributed by atoms with Crippen molar-refractivity contribution in [1.82, 2.24) is 4.90 Å². The zero-order valence-electron chi connectivity index (χ0n) is 9.90. The molecule has 1 aromatic rings. The number of rotatable bonds is 3. The van der Waals surface area contributed by atoms with Gasteiger partial charge in [0.1, 0.15) is 0 Å². The molecule has 1 amide bonds. The van der Waals surface area contributed by atoms with E-state index in [9.17, 15) is 9.90 Å². The van der Waals surface area contributed by atoms with Crippen molar-refractivity contribution in [3.8, 4) is 0 Å². The summed E-state index contributed by atoms with van der Waals surface area (Å²) in [5, 5.41) is 10.3. The zero-order chi connectivity index (χ0) is 13.1. The summed E-state index contributed by atoms with van der Waals surface area (Å²) < 4.78 is 0. The SMILES string of the molecule is O=C(Cc1ccc(Cl)cc1Cl)N1CCC[C@@H]1CO. The van der Waals surface area contributed by atoms with Gasteiger partial charge >= 0.3 is 0 Å². The van der Waals surface area contributed by atoms with Gasteiger partial charge in [-0.1, -0.05) is 29.3 Å². The molecule has 1 aromatic carbocycles. The Hall–Kier alpha value is -0.770. The average Bonchev–Trinajstić information content (AvgIpc) is 2.81. The van der Waals surface area contributed by atoms with Crippen LogP contribution in [0.15, 0.2) is 18.2 Å². The average molecular weight is 288 g/mol. The van der Waals surface area contributed by atoms with Gasteiger partial charge in [-0.25, -0.2) is 0 Å². The van der Waals surface area contributed by atoms with E-state index < -0.39 is 0 Å². The molecule has 18 heavy (non-hydrogen) atoms. The Bertz CT molecular complexity index is 451. The third kappa shape index (κ3) is 2.97. The molecule has 2 rings (SSSR count). The fourth-order valence-corrected chi connectivity index (χ4v) is 2.76. The number of halogens is 2. The van der Waals surface area contributed by atoms with E-state index in [0.29, 0.717) is 10.0 Å². The van der Waals surface area contributed by atoms with Gasteiger partial charge in [0.25, 0.3) is 0 Å². The maximum atomic E-state index is 12.1. The van der Waals surface area contributed by atoms with E-state index >= 15 is 0 Å². The van der Waals surface area contributed by atoms with Crippen LogP contribution in [0.2, 0.25) is 10.0 Å². The van der Waals surface area contributed by atoms with Crippen molar-refractivity contribution in [2.24, 2.45) is 0 Å². The summed E-state index contributed by atoms with van der Waals surface area (Å²) >= 11 is 11.9. The van der Waals surface area contributed by atoms with Gasteiger partial charge in [-0.3, -0.25) is 4.79 Å². The van der Waals surface area contributed by atoms with Gasteiger partial charge in [0, 0.05) is 16.6 Å². The van der Waals surface area contributed by atoms with Gasteiger partial charge in [-0.15, -0.1) is 0 Å². The fourth-order valence-electron chi connectivity index (χ4n) is 2.28. The maximum absolute atomic E-state index is 12.1. The molecule has 1 aliphatic rings. The molecule has 0 radical (unpaired) electrons. The lowest BCUT2D eigenvalue weighted by Gasteiger charge is -2.23. The van der Waals surface area contributed by atoms with Gasteiger partial charge < -0.3 is 10.0 Å². The quantitative estimate of drug-likeness (QED) is 0.928. The maximum Gasteiger partial charge on any atom is 0.227 e. The smallest absolute Gasteiger partial charge is 0.227 e. The molecular weight excluding hydrogens is 273 g/mol. The lowest BCUT2D eigenvalue weighted by atomic mass is 10.1. The number of benzene rings is 1. The zero-order valence-corrected chi connectivity index (χ0v) is 11.4. The van der Waals surface area contributed by atoms with Gasteiger partial charge in [0.2, 0.25) is 5.91 Å². The Morgan fingerprint density at radius 2 is 2.22 bits per heavy atom. The van der Waals surface area contributed by atoms with Crippen LogP contribution in [-0.2, 0) is 11.2 Å². The van der Waals surface area contributed by atoms with Gasteiger partial charge in [-0.2, -0.15) is 0 Å². The number of aliphatic hydroxyl groups excluding tert-OH is 1. The van der Waals surface area contributed by atoms with Crippen LogP contribution in [0.3, 0.4) is 0 Å². The molecule has 0 aliphatic carbocycles. The highest BCUT2D eigenvalue weighted by Crippen LogP contribution is 2.23. The molecule has 0 bridgehead atoms. The van der Waals surface area contributed by atoms with Crippen LogP contribution in [0, 0.1) is 0 Å². The Kier molecular flexibility index (Phi) is 4.49. The molecule has 1 heterocycles. The molecular formula is C13H15Cl2NO2. The van der Waals surface area contributed by atoms with Crippen molar-refractivity contribution in [1.29, 1.82) is 0 Å². The molecule has 3 nitrogen and oxygen atoms in total. The molecule has 0 spiro atoms. The van der Waals surface area contributed by atoms with Crippen LogP contribution in [-0.4, -0.2) is 35.1 Å². The molecule has 1 aliphatic heterocycles. The third-order valence-corrected chi connectivity index (χ3v) is 3.85. The molecule has 5 heteroatoms. The summed E-state index contributed by atoms with van der Waals surface area (Å²) in [5.74, 6) is 0.00997. The Morgan fingerprint density at radius 1 is 1.44 bits per heavy atom. The summed E-state index contributed by atoms with van der Waals surface area (Å²) in [6.07, 6.45) is 2.08. The van der Waals surface area contributed by atoms with Crippen LogP contribution < -0.4 is 0 Å². The van der Waals surface area contributed by atoms with Crippen molar-refractivity contribution in [2.75, 3.05) is 13.2 Å². The first-order valence-electron chi connectivity index (χ1n) is 5.96. The van der Waals surface area contributed by atoms with Gasteiger partial charge in [-0.05, 0) is 30.5 Å². The lowest BCUT2D eigenvalue weighted by Crippen LogP contribution is -2.38. The number of carbonyl (C=O) groups excluding carboxylic acids is 1. The molecule has 0 saturated carbocycles. The Labute approximate surface area is 116 Å². The van der Waals surface area contributed by atoms with Crippen LogP contribution in [0.4, 0.5) is 0 Å². The molecule has 1 saturated heterocycles. The van der Waals surface area contributed by atoms with Crippen LogP contribution in [0.1, 0.15) is 18.4 Å². The summed E-state index contributed by atoms with van der Waals surface area (Å²) in [7, 11) is 0. The molecule has 0 unspecified atom stereocenters. The number of aliphatic hydroxyl groups is 1. The summed E-state index contributed by atoms with van der Waals surface area (Å²) in [5.41, 5.74) is 0.773. The summed E-state index contributed by atoms with van der Waals surface area (Å²) in [6, 6.07) is 5.10. The summed E-state index contributed by atoms with van der Waals surface area (Å²) in [6.45, 7) is 0.745. The van der Waals surface area contributed by atoms with Gasteiger partial charge in [0.05, 0.1) is 19.1 Å². The van der Waals surface area contributed by atoms with Crippen molar-refractivity contribution >= 4 is 29.1 Å². The van der Waals surface area contributed by atoms with Crippen LogP contribution in [0.5, 0.6) is 0 Å². The van der Waals surface area contributed by atoms with Crippen molar-refractivity contribution in [3.63, 3.8) is 0 Å². The monoisotopic (exact) mass is 287 g/mol. The van der Waals surface area contributed by atoms with Crippen molar-refractivity contribution in [2.45, 2.75) is 25.3 Å². The largest absolute Gasteiger partial charge is 0.394 e. The number of amides is 1. The highest BCUT2D eigenvalue weighted by molar-refractivity contribution is 6.35. The predicted octanol–water partition coefficient (Wildman–Crippen LogP) is 2.52. The van der Waals surface area contributed by atoms with Crippen molar-refractivity contribution in [3.05, 3.63) is 33.8 Å². The number of nitrogens with zero attached hydrogens (tertiary/aromatic N) is 1. The number of hydrogen-bond acceptors (Lipinski definition) is 2. The molecule has 0 aromatic heterocycles. The highest BCUT2D eigenvalue weighted by Gasteiger charge is 2.28. The van der Waals surface area contributed by atoms with E-state index in [1.807, 2.05) is 0 Å². The standard InChI is InChI=1S/C13H15Cl2NO2/c14-10-4-3-9(12(15)7-10)6-13(18)16-5-1-2-11(16)8-17/h3-4,7,11,17H,1-2,5-6,8H2/t11-/m1/s1. The van der Waals surface area contributed by atoms with E-state index in [0.717, 1.165) is 24.9 Å². The molecule has 1 fully saturated rings. The predicted molar refractivity (Wildman–Crippen MR) is 72.0 cm³/mol. The van der Waals surface area contributed by atoms with E-state index in [2.05, 4.69) is 0 Å². The number of hydrogen-bond donors (Lipinski definition) is 1. The van der Waals surface area contributed by atoms with E-state index in [-0.39, 0.29) is 25.0 Å². The Morgan fingerprint density at radius 3 is 2.89 bits per heavy atom. The molecule has 1 atom stereocenters. The highest BCUT2D eigenvalue weighted by atomic mass is 35.5. The first-order chi connectivity index (χ1) is 8.61. The second kappa shape index (κ2) is 5.91. The Balaban J connectivity index is 2.07. The first-order valence-corrected chi connectivity index (χ1v) is 6.71. The summed E-state index contributed by atoms with van der Waals surface area (Å²) in [4.78, 5) is 13.9. The minimum atomic E-state index is -0.0384. The second-order valence-corrected chi connectivity index (χ2v) is 5.32. The fraction of sp³-hybridized carbons (Fsp3) is 0.462. The van der Waals surface area contributed by atoms with E-state index in [4.69, 9.17) is 23.2 Å². The minimum absolute atomic E-state index is 0.00997. The normalized spacial score (nSPS) is 19.3. The van der Waals surface area contributed by atoms with E-state index in [1.165, 1.54) is 0 Å². The topological polar surface area (TPSA) is 40.5 Å². The van der Waals surface area contributed by atoms with Crippen LogP contribution >= 0.6 is 23.2 Å². The number of carbonyl (C=O) groups is 1. The second-order valence-electron chi connectivity index (χ2n) is 4.48. The van der Waals surface area contributed by atoms with E-state index in [1.54, 1.807) is 23.1 Å². The molecule has 98 valence electrons. The van der Waals surface area contributed by atoms with Crippen molar-refractivity contribution < 1.29 is 9.90 Å². The van der Waals surface area contributed by atoms with Gasteiger partial charge in [0.15, 0.2) is 0 Å². The third-order valence-electron chi connectivity index (χ3n) is 3.27. The lowest BCUT2D eigenvalue weighted by molar-refractivity contribution is -0.131. The first kappa shape index (κ1) is 13.7. The van der Waals surface area contributed by atoms with Crippen LogP contribution in [0.25, 0.3) is 0 Å². The minimum Gasteiger partial charge on any atom is -0.394 e. The molecule has 1 N–H and O–H groups in total. The number of likely N-dealkylation sites (tertiary alicyclic amines) is 1.